The second-order valence-corrected chi connectivity index (χ2v) is 7.56. The summed E-state index contributed by atoms with van der Waals surface area (Å²) in [5.74, 6) is -0.335. The molecule has 0 radical (unpaired) electrons. The van der Waals surface area contributed by atoms with Gasteiger partial charge >= 0.3 is 0 Å². The lowest BCUT2D eigenvalue weighted by atomic mass is 9.96. The van der Waals surface area contributed by atoms with Crippen LogP contribution in [0.4, 0.5) is 4.39 Å². The Labute approximate surface area is 154 Å². The molecule has 1 fully saturated rings. The van der Waals surface area contributed by atoms with E-state index in [1.54, 1.807) is 11.0 Å². The molecule has 0 aromatic heterocycles. The predicted octanol–water partition coefficient (Wildman–Crippen LogP) is 1.64. The van der Waals surface area contributed by atoms with Gasteiger partial charge in [0.2, 0.25) is 11.8 Å². The SMILES string of the molecule is COc1ccc(CN2CCN(C(=O)CNC(=O)C(C)(C)C)CC2)cc1F. The number of nitrogens with one attached hydrogen (secondary N) is 1. The molecular weight excluding hydrogens is 337 g/mol. The molecule has 26 heavy (non-hydrogen) atoms. The highest BCUT2D eigenvalue weighted by atomic mass is 19.1. The number of ether oxygens (including phenoxy) is 1. The van der Waals surface area contributed by atoms with Crippen molar-refractivity contribution in [2.45, 2.75) is 27.3 Å². The smallest absolute Gasteiger partial charge is 0.242 e. The molecule has 1 heterocycles. The van der Waals surface area contributed by atoms with E-state index in [4.69, 9.17) is 4.74 Å². The number of methoxy groups -OCH3 is 1. The molecule has 0 bridgehead atoms. The van der Waals surface area contributed by atoms with Crippen LogP contribution in [0.1, 0.15) is 26.3 Å². The molecule has 144 valence electrons. The molecule has 1 aromatic carbocycles. The Morgan fingerprint density at radius 1 is 1.19 bits per heavy atom. The van der Waals surface area contributed by atoms with Crippen molar-refractivity contribution in [2.24, 2.45) is 5.41 Å². The van der Waals surface area contributed by atoms with Crippen LogP contribution in [0.15, 0.2) is 18.2 Å². The first-order valence-electron chi connectivity index (χ1n) is 8.81. The fourth-order valence-electron chi connectivity index (χ4n) is 2.75. The van der Waals surface area contributed by atoms with E-state index in [9.17, 15) is 14.0 Å². The summed E-state index contributed by atoms with van der Waals surface area (Å²) in [6.07, 6.45) is 0. The van der Waals surface area contributed by atoms with E-state index >= 15 is 0 Å². The van der Waals surface area contributed by atoms with Crippen LogP contribution in [0, 0.1) is 11.2 Å². The zero-order chi connectivity index (χ0) is 19.3. The van der Waals surface area contributed by atoms with Crippen molar-refractivity contribution in [2.75, 3.05) is 39.8 Å². The van der Waals surface area contributed by atoms with Gasteiger partial charge in [0.15, 0.2) is 11.6 Å². The molecule has 1 aromatic rings. The van der Waals surface area contributed by atoms with Crippen LogP contribution >= 0.6 is 0 Å². The summed E-state index contributed by atoms with van der Waals surface area (Å²) in [5, 5.41) is 2.69. The van der Waals surface area contributed by atoms with E-state index in [1.807, 2.05) is 26.8 Å². The number of nitrogens with zero attached hydrogens (tertiary/aromatic N) is 2. The number of rotatable bonds is 5. The molecule has 2 rings (SSSR count). The van der Waals surface area contributed by atoms with Gasteiger partial charge in [0.1, 0.15) is 0 Å². The molecule has 0 saturated carbocycles. The summed E-state index contributed by atoms with van der Waals surface area (Å²) < 4.78 is 18.7. The van der Waals surface area contributed by atoms with Crippen LogP contribution in [-0.2, 0) is 16.1 Å². The maximum Gasteiger partial charge on any atom is 0.242 e. The predicted molar refractivity (Wildman–Crippen MR) is 97.3 cm³/mol. The Balaban J connectivity index is 1.79. The molecule has 1 N–H and O–H groups in total. The maximum atomic E-state index is 13.8. The van der Waals surface area contributed by atoms with Crippen LogP contribution in [0.3, 0.4) is 0 Å². The average Bonchev–Trinajstić information content (AvgIpc) is 2.59. The third-order valence-corrected chi connectivity index (χ3v) is 4.43. The second kappa shape index (κ2) is 8.49. The number of hydrogen-bond donors (Lipinski definition) is 1. The summed E-state index contributed by atoms with van der Waals surface area (Å²) in [6, 6.07) is 4.96. The number of halogens is 1. The second-order valence-electron chi connectivity index (χ2n) is 7.56. The van der Waals surface area contributed by atoms with E-state index in [0.717, 1.165) is 5.56 Å². The van der Waals surface area contributed by atoms with Gasteiger partial charge in [0.25, 0.3) is 0 Å². The molecule has 0 spiro atoms. The van der Waals surface area contributed by atoms with Gasteiger partial charge in [-0.25, -0.2) is 4.39 Å². The van der Waals surface area contributed by atoms with Crippen molar-refractivity contribution in [3.8, 4) is 5.75 Å². The van der Waals surface area contributed by atoms with E-state index in [2.05, 4.69) is 10.2 Å². The summed E-state index contributed by atoms with van der Waals surface area (Å²) >= 11 is 0. The lowest BCUT2D eigenvalue weighted by Crippen LogP contribution is -2.51. The number of amides is 2. The standard InChI is InChI=1S/C19H28FN3O3/c1-19(2,3)18(25)21-12-17(24)23-9-7-22(8-10-23)13-14-5-6-16(26-4)15(20)11-14/h5-6,11H,7-10,12-13H2,1-4H3,(H,21,25). The molecule has 2 amide bonds. The Hall–Kier alpha value is -2.15. The lowest BCUT2D eigenvalue weighted by Gasteiger charge is -2.35. The minimum atomic E-state index is -0.507. The normalized spacial score (nSPS) is 15.7. The van der Waals surface area contributed by atoms with Gasteiger partial charge in [-0.3, -0.25) is 14.5 Å². The van der Waals surface area contributed by atoms with Gasteiger partial charge < -0.3 is 15.0 Å². The van der Waals surface area contributed by atoms with Gasteiger partial charge in [0.05, 0.1) is 13.7 Å². The van der Waals surface area contributed by atoms with Gasteiger partial charge in [0, 0.05) is 38.1 Å². The Bertz CT molecular complexity index is 650. The van der Waals surface area contributed by atoms with Crippen molar-refractivity contribution in [1.29, 1.82) is 0 Å². The molecule has 1 aliphatic heterocycles. The molecule has 0 unspecified atom stereocenters. The van der Waals surface area contributed by atoms with Crippen LogP contribution in [-0.4, -0.2) is 61.4 Å². The van der Waals surface area contributed by atoms with Crippen molar-refractivity contribution < 1.29 is 18.7 Å². The molecule has 0 atom stereocenters. The highest BCUT2D eigenvalue weighted by Gasteiger charge is 2.24. The number of carbonyl (C=O) groups excluding carboxylic acids is 2. The minimum absolute atomic E-state index is 0.0276. The Morgan fingerprint density at radius 2 is 1.85 bits per heavy atom. The number of hydrogen-bond acceptors (Lipinski definition) is 4. The number of carbonyl (C=O) groups is 2. The number of benzene rings is 1. The first-order chi connectivity index (χ1) is 12.2. The molecule has 7 heteroatoms. The summed E-state index contributed by atoms with van der Waals surface area (Å²) in [5.41, 5.74) is 0.368. The lowest BCUT2D eigenvalue weighted by molar-refractivity contribution is -0.136. The van der Waals surface area contributed by atoms with Crippen LogP contribution in [0.5, 0.6) is 5.75 Å². The quantitative estimate of drug-likeness (QED) is 0.862. The van der Waals surface area contributed by atoms with Crippen LogP contribution < -0.4 is 10.1 Å². The first kappa shape index (κ1) is 20.2. The zero-order valence-corrected chi connectivity index (χ0v) is 16.0. The molecule has 0 aliphatic carbocycles. The van der Waals surface area contributed by atoms with E-state index < -0.39 is 5.41 Å². The van der Waals surface area contributed by atoms with E-state index in [1.165, 1.54) is 13.2 Å². The number of piperazine rings is 1. The van der Waals surface area contributed by atoms with Gasteiger partial charge in [-0.1, -0.05) is 26.8 Å². The van der Waals surface area contributed by atoms with Crippen LogP contribution in [0.2, 0.25) is 0 Å². The van der Waals surface area contributed by atoms with Crippen LogP contribution in [0.25, 0.3) is 0 Å². The fourth-order valence-corrected chi connectivity index (χ4v) is 2.75. The van der Waals surface area contributed by atoms with Crippen molar-refractivity contribution in [1.82, 2.24) is 15.1 Å². The topological polar surface area (TPSA) is 61.9 Å². The van der Waals surface area contributed by atoms with Gasteiger partial charge in [-0.15, -0.1) is 0 Å². The van der Waals surface area contributed by atoms with Crippen molar-refractivity contribution in [3.05, 3.63) is 29.6 Å². The molecular formula is C19H28FN3O3. The van der Waals surface area contributed by atoms with Crippen molar-refractivity contribution in [3.63, 3.8) is 0 Å². The third kappa shape index (κ3) is 5.42. The fraction of sp³-hybridized carbons (Fsp3) is 0.579. The summed E-state index contributed by atoms with van der Waals surface area (Å²) in [6.45, 7) is 8.73. The first-order valence-corrected chi connectivity index (χ1v) is 8.81. The Kier molecular flexibility index (Phi) is 6.58. The molecule has 6 nitrogen and oxygen atoms in total. The highest BCUT2D eigenvalue weighted by Crippen LogP contribution is 2.19. The van der Waals surface area contributed by atoms with Crippen molar-refractivity contribution >= 4 is 11.8 Å². The van der Waals surface area contributed by atoms with Gasteiger partial charge in [-0.2, -0.15) is 0 Å². The monoisotopic (exact) mass is 365 g/mol. The van der Waals surface area contributed by atoms with E-state index in [0.29, 0.717) is 32.7 Å². The minimum Gasteiger partial charge on any atom is -0.494 e. The summed E-state index contributed by atoms with van der Waals surface area (Å²) in [7, 11) is 1.44. The average molecular weight is 365 g/mol. The summed E-state index contributed by atoms with van der Waals surface area (Å²) in [4.78, 5) is 28.0. The maximum absolute atomic E-state index is 13.8. The van der Waals surface area contributed by atoms with E-state index in [-0.39, 0.29) is 29.9 Å². The third-order valence-electron chi connectivity index (χ3n) is 4.43. The molecule has 1 aliphatic rings. The van der Waals surface area contributed by atoms with Gasteiger partial charge in [-0.05, 0) is 17.7 Å². The highest BCUT2D eigenvalue weighted by molar-refractivity contribution is 5.87. The zero-order valence-electron chi connectivity index (χ0n) is 16.0. The largest absolute Gasteiger partial charge is 0.494 e. The molecule has 1 saturated heterocycles. The Morgan fingerprint density at radius 3 is 2.38 bits per heavy atom.